The largest absolute Gasteiger partial charge is 0.309 e. The Morgan fingerprint density at radius 3 is 1.38 bits per heavy atom. The molecule has 0 fully saturated rings. The molecular weight excluding hydrogens is 789 g/mol. The van der Waals surface area contributed by atoms with Gasteiger partial charge in [0, 0.05) is 33.2 Å². The summed E-state index contributed by atoms with van der Waals surface area (Å²) >= 11 is 0. The summed E-state index contributed by atoms with van der Waals surface area (Å²) in [5.74, 6) is 1.87. The Kier molecular flexibility index (Phi) is 8.50. The van der Waals surface area contributed by atoms with Crippen LogP contribution < -0.4 is 0 Å². The normalized spacial score (nSPS) is 11.7. The van der Waals surface area contributed by atoms with Gasteiger partial charge in [-0.05, 0) is 108 Å². The number of para-hydroxylation sites is 2. The zero-order valence-electron chi connectivity index (χ0n) is 35.2. The minimum Gasteiger partial charge on any atom is -0.309 e. The lowest BCUT2D eigenvalue weighted by atomic mass is 9.87. The van der Waals surface area contributed by atoms with Crippen LogP contribution in [0.15, 0.2) is 231 Å². The summed E-state index contributed by atoms with van der Waals surface area (Å²) in [6.45, 7) is 0. The molecule has 0 saturated carbocycles. The van der Waals surface area contributed by atoms with E-state index in [-0.39, 0.29) is 0 Å². The number of benzene rings is 11. The minimum absolute atomic E-state index is 0.621. The lowest BCUT2D eigenvalue weighted by Crippen LogP contribution is -2.00. The summed E-state index contributed by atoms with van der Waals surface area (Å²) in [5, 5.41) is 12.5. The average Bonchev–Trinajstić information content (AvgIpc) is 3.72. The third-order valence-corrected chi connectivity index (χ3v) is 13.0. The number of aromatic nitrogens is 4. The van der Waals surface area contributed by atoms with Crippen LogP contribution in [0.2, 0.25) is 0 Å². The number of rotatable bonds is 6. The third-order valence-electron chi connectivity index (χ3n) is 13.0. The molecule has 0 aliphatic heterocycles. The molecule has 65 heavy (non-hydrogen) atoms. The van der Waals surface area contributed by atoms with Crippen LogP contribution in [0.1, 0.15) is 0 Å². The molecule has 0 aliphatic rings. The first kappa shape index (κ1) is 36.9. The van der Waals surface area contributed by atoms with E-state index in [1.807, 2.05) is 18.2 Å². The van der Waals surface area contributed by atoms with Crippen molar-refractivity contribution in [1.29, 1.82) is 0 Å². The summed E-state index contributed by atoms with van der Waals surface area (Å²) in [6, 6.07) is 82.3. The van der Waals surface area contributed by atoms with E-state index in [9.17, 15) is 0 Å². The van der Waals surface area contributed by atoms with Crippen LogP contribution >= 0.6 is 0 Å². The number of hydrogen-bond donors (Lipinski definition) is 0. The van der Waals surface area contributed by atoms with Crippen molar-refractivity contribution in [3.05, 3.63) is 231 Å². The fourth-order valence-corrected chi connectivity index (χ4v) is 10.0. The second-order valence-electron chi connectivity index (χ2n) is 16.7. The molecule has 11 aromatic carbocycles. The SMILES string of the molecule is c1ccc(-c2nc(-c3cccc(-c4cccc(-c5cc6c7ccccc7c7ccccc7c6c6ccccc56)c4)c3)nc(-c3ccc4c5ccccc5n(-c5ccccc5)c4c3)n2)cc1. The Morgan fingerprint density at radius 1 is 0.246 bits per heavy atom. The lowest BCUT2D eigenvalue weighted by Gasteiger charge is -2.16. The van der Waals surface area contributed by atoms with Crippen LogP contribution in [0.25, 0.3) is 127 Å². The van der Waals surface area contributed by atoms with Crippen LogP contribution in [-0.4, -0.2) is 19.5 Å². The Labute approximate surface area is 375 Å². The van der Waals surface area contributed by atoms with E-state index in [1.165, 1.54) is 65.0 Å². The second-order valence-corrected chi connectivity index (χ2v) is 16.7. The summed E-state index contributed by atoms with van der Waals surface area (Å²) < 4.78 is 2.33. The molecule has 0 bridgehead atoms. The summed E-state index contributed by atoms with van der Waals surface area (Å²) in [6.07, 6.45) is 0. The Balaban J connectivity index is 0.954. The molecule has 0 unspecified atom stereocenters. The standard InChI is InChI=1S/C61H38N4/c1-3-17-39(18-4-1)59-62-60(64-61(63-59)44-33-34-51-50-29-13-14-32-56(50)65(57(51)37-44)45-23-5-2-6-24-45)43-22-16-20-41(36-43)40-19-15-21-42(35-40)54-38-55-48-27-8-7-25-46(48)47-26-9-11-30-52(47)58(55)53-31-12-10-28-49(53)54/h1-38H. The van der Waals surface area contributed by atoms with Gasteiger partial charge in [0.1, 0.15) is 0 Å². The van der Waals surface area contributed by atoms with Crippen molar-refractivity contribution in [2.45, 2.75) is 0 Å². The van der Waals surface area contributed by atoms with Crippen molar-refractivity contribution in [2.75, 3.05) is 0 Å². The van der Waals surface area contributed by atoms with E-state index in [0.29, 0.717) is 17.5 Å². The van der Waals surface area contributed by atoms with E-state index in [0.717, 1.165) is 44.5 Å². The number of fused-ring (bicyclic) bond motifs is 11. The molecule has 0 atom stereocenters. The topological polar surface area (TPSA) is 43.6 Å². The molecule has 0 spiro atoms. The van der Waals surface area contributed by atoms with Gasteiger partial charge in [-0.2, -0.15) is 0 Å². The number of hydrogen-bond acceptors (Lipinski definition) is 3. The van der Waals surface area contributed by atoms with Gasteiger partial charge in [0.15, 0.2) is 17.5 Å². The van der Waals surface area contributed by atoms with Gasteiger partial charge in [-0.15, -0.1) is 0 Å². The monoisotopic (exact) mass is 826 g/mol. The molecule has 13 aromatic rings. The number of nitrogens with zero attached hydrogens (tertiary/aromatic N) is 4. The maximum atomic E-state index is 5.24. The van der Waals surface area contributed by atoms with Crippen molar-refractivity contribution in [3.8, 4) is 62.1 Å². The highest BCUT2D eigenvalue weighted by molar-refractivity contribution is 6.33. The molecule has 0 amide bonds. The van der Waals surface area contributed by atoms with Gasteiger partial charge in [0.2, 0.25) is 0 Å². The van der Waals surface area contributed by atoms with Crippen LogP contribution in [-0.2, 0) is 0 Å². The predicted octanol–water partition coefficient (Wildman–Crippen LogP) is 15.9. The van der Waals surface area contributed by atoms with Crippen molar-refractivity contribution in [1.82, 2.24) is 19.5 Å². The average molecular weight is 827 g/mol. The minimum atomic E-state index is 0.621. The third kappa shape index (κ3) is 6.11. The zero-order valence-corrected chi connectivity index (χ0v) is 35.2. The van der Waals surface area contributed by atoms with E-state index >= 15 is 0 Å². The van der Waals surface area contributed by atoms with E-state index in [2.05, 4.69) is 217 Å². The van der Waals surface area contributed by atoms with E-state index in [4.69, 9.17) is 15.0 Å². The van der Waals surface area contributed by atoms with Crippen LogP contribution in [0.5, 0.6) is 0 Å². The van der Waals surface area contributed by atoms with Crippen molar-refractivity contribution >= 4 is 64.9 Å². The van der Waals surface area contributed by atoms with Gasteiger partial charge in [0.25, 0.3) is 0 Å². The highest BCUT2D eigenvalue weighted by Crippen LogP contribution is 2.43. The van der Waals surface area contributed by atoms with Gasteiger partial charge in [0.05, 0.1) is 11.0 Å². The van der Waals surface area contributed by atoms with Crippen LogP contribution in [0.4, 0.5) is 0 Å². The first-order chi connectivity index (χ1) is 32.2. The van der Waals surface area contributed by atoms with Crippen molar-refractivity contribution in [2.24, 2.45) is 0 Å². The fraction of sp³-hybridized carbons (Fsp3) is 0. The van der Waals surface area contributed by atoms with Crippen molar-refractivity contribution in [3.63, 3.8) is 0 Å². The maximum Gasteiger partial charge on any atom is 0.164 e. The molecule has 4 heteroatoms. The highest BCUT2D eigenvalue weighted by Gasteiger charge is 2.19. The van der Waals surface area contributed by atoms with Gasteiger partial charge >= 0.3 is 0 Å². The zero-order chi connectivity index (χ0) is 42.8. The van der Waals surface area contributed by atoms with Gasteiger partial charge < -0.3 is 4.57 Å². The summed E-state index contributed by atoms with van der Waals surface area (Å²) in [7, 11) is 0. The first-order valence-corrected chi connectivity index (χ1v) is 22.1. The molecule has 2 aromatic heterocycles. The summed E-state index contributed by atoms with van der Waals surface area (Å²) in [4.78, 5) is 15.5. The fourth-order valence-electron chi connectivity index (χ4n) is 10.0. The molecule has 0 radical (unpaired) electrons. The molecule has 2 heterocycles. The Morgan fingerprint density at radius 2 is 0.692 bits per heavy atom. The molecule has 0 saturated heterocycles. The lowest BCUT2D eigenvalue weighted by molar-refractivity contribution is 1.07. The van der Waals surface area contributed by atoms with Crippen molar-refractivity contribution < 1.29 is 0 Å². The van der Waals surface area contributed by atoms with E-state index < -0.39 is 0 Å². The molecule has 0 aliphatic carbocycles. The Bertz CT molecular complexity index is 4000. The van der Waals surface area contributed by atoms with Gasteiger partial charge in [-0.1, -0.05) is 188 Å². The highest BCUT2D eigenvalue weighted by atomic mass is 15.0. The Hall–Kier alpha value is -8.73. The van der Waals surface area contributed by atoms with Crippen LogP contribution in [0.3, 0.4) is 0 Å². The molecule has 302 valence electrons. The molecular formula is C61H38N4. The molecule has 13 rings (SSSR count). The summed E-state index contributed by atoms with van der Waals surface area (Å²) in [5.41, 5.74) is 10.7. The van der Waals surface area contributed by atoms with E-state index in [1.54, 1.807) is 0 Å². The second kappa shape index (κ2) is 15.0. The van der Waals surface area contributed by atoms with Gasteiger partial charge in [-0.3, -0.25) is 0 Å². The predicted molar refractivity (Wildman–Crippen MR) is 271 cm³/mol. The molecule has 0 N–H and O–H groups in total. The first-order valence-electron chi connectivity index (χ1n) is 22.1. The van der Waals surface area contributed by atoms with Crippen LogP contribution in [0, 0.1) is 0 Å². The van der Waals surface area contributed by atoms with Gasteiger partial charge in [-0.25, -0.2) is 15.0 Å². The maximum absolute atomic E-state index is 5.24. The smallest absolute Gasteiger partial charge is 0.164 e. The quantitative estimate of drug-likeness (QED) is 0.157. The molecule has 4 nitrogen and oxygen atoms in total.